The molecule has 0 aliphatic rings. The zero-order valence-corrected chi connectivity index (χ0v) is 11.0. The van der Waals surface area contributed by atoms with Crippen molar-refractivity contribution >= 4 is 5.91 Å². The van der Waals surface area contributed by atoms with E-state index in [4.69, 9.17) is 4.74 Å². The number of amides is 1. The summed E-state index contributed by atoms with van der Waals surface area (Å²) in [5.41, 5.74) is 0.607. The minimum atomic E-state index is -0.0825. The van der Waals surface area contributed by atoms with Gasteiger partial charge in [0, 0.05) is 18.7 Å². The van der Waals surface area contributed by atoms with Crippen molar-refractivity contribution in [2.24, 2.45) is 0 Å². The molecule has 0 saturated heterocycles. The normalized spacial score (nSPS) is 10.2. The molecule has 1 amide bonds. The molecule has 0 unspecified atom stereocenters. The highest BCUT2D eigenvalue weighted by Gasteiger charge is 2.05. The van der Waals surface area contributed by atoms with E-state index in [0.717, 1.165) is 6.54 Å². The average molecular weight is 248 g/mol. The van der Waals surface area contributed by atoms with Crippen molar-refractivity contribution in [2.75, 3.05) is 33.8 Å². The number of nitrogens with one attached hydrogen (secondary N) is 1. The van der Waals surface area contributed by atoms with E-state index in [-0.39, 0.29) is 5.91 Å². The largest absolute Gasteiger partial charge is 0.490 e. The van der Waals surface area contributed by atoms with Crippen LogP contribution in [0.4, 0.5) is 0 Å². The minimum absolute atomic E-state index is 0.0825. The fourth-order valence-corrected chi connectivity index (χ4v) is 1.38. The Balaban J connectivity index is 2.54. The van der Waals surface area contributed by atoms with Gasteiger partial charge in [-0.25, -0.2) is 0 Å². The third kappa shape index (κ3) is 5.01. The molecular formula is C14H20N2O2. The first kappa shape index (κ1) is 14.3. The number of benzene rings is 1. The number of rotatable bonds is 7. The molecular weight excluding hydrogens is 228 g/mol. The topological polar surface area (TPSA) is 41.6 Å². The van der Waals surface area contributed by atoms with Gasteiger partial charge in [0.15, 0.2) is 0 Å². The first-order valence-corrected chi connectivity index (χ1v) is 5.90. The highest BCUT2D eigenvalue weighted by Crippen LogP contribution is 2.13. The number of ether oxygens (including phenoxy) is 1. The van der Waals surface area contributed by atoms with E-state index in [0.29, 0.717) is 24.5 Å². The number of carbonyl (C=O) groups is 1. The van der Waals surface area contributed by atoms with Crippen LogP contribution in [-0.2, 0) is 0 Å². The van der Waals surface area contributed by atoms with Crippen LogP contribution in [0.25, 0.3) is 0 Å². The quantitative estimate of drug-likeness (QED) is 0.744. The second-order valence-corrected chi connectivity index (χ2v) is 4.19. The molecule has 4 heteroatoms. The van der Waals surface area contributed by atoms with Gasteiger partial charge in [-0.1, -0.05) is 18.7 Å². The fourth-order valence-electron chi connectivity index (χ4n) is 1.38. The summed E-state index contributed by atoms with van der Waals surface area (Å²) in [7, 11) is 3.94. The van der Waals surface area contributed by atoms with E-state index in [2.05, 4.69) is 11.9 Å². The Hall–Kier alpha value is -1.81. The molecule has 0 spiro atoms. The zero-order valence-electron chi connectivity index (χ0n) is 11.0. The molecule has 1 N–H and O–H groups in total. The number of hydrogen-bond donors (Lipinski definition) is 1. The summed E-state index contributed by atoms with van der Waals surface area (Å²) < 4.78 is 5.38. The zero-order chi connectivity index (χ0) is 13.4. The molecule has 0 atom stereocenters. The predicted octanol–water partition coefficient (Wildman–Crippen LogP) is 1.54. The van der Waals surface area contributed by atoms with E-state index in [1.54, 1.807) is 24.3 Å². The van der Waals surface area contributed by atoms with Crippen LogP contribution in [0.15, 0.2) is 36.9 Å². The van der Waals surface area contributed by atoms with E-state index >= 15 is 0 Å². The lowest BCUT2D eigenvalue weighted by Crippen LogP contribution is -2.31. The van der Waals surface area contributed by atoms with Gasteiger partial charge in [0.25, 0.3) is 5.91 Å². The monoisotopic (exact) mass is 248 g/mol. The van der Waals surface area contributed by atoms with Crippen molar-refractivity contribution in [1.29, 1.82) is 0 Å². The van der Waals surface area contributed by atoms with Gasteiger partial charge in [0.2, 0.25) is 0 Å². The van der Waals surface area contributed by atoms with Gasteiger partial charge in [0.1, 0.15) is 12.4 Å². The van der Waals surface area contributed by atoms with Gasteiger partial charge < -0.3 is 15.0 Å². The molecule has 0 radical (unpaired) electrons. The Kier molecular flexibility index (Phi) is 5.94. The molecule has 0 fully saturated rings. The van der Waals surface area contributed by atoms with Gasteiger partial charge in [-0.05, 0) is 32.3 Å². The molecule has 4 nitrogen and oxygen atoms in total. The average Bonchev–Trinajstić information content (AvgIpc) is 2.36. The predicted molar refractivity (Wildman–Crippen MR) is 73.0 cm³/mol. The van der Waals surface area contributed by atoms with Crippen LogP contribution in [0, 0.1) is 0 Å². The lowest BCUT2D eigenvalue weighted by molar-refractivity contribution is 0.0950. The van der Waals surface area contributed by atoms with Crippen LogP contribution in [-0.4, -0.2) is 44.6 Å². The first-order chi connectivity index (χ1) is 8.63. The SMILES string of the molecule is C=CCOc1cccc(C(=O)NCCN(C)C)c1. The Morgan fingerprint density at radius 3 is 2.94 bits per heavy atom. The standard InChI is InChI=1S/C14H20N2O2/c1-4-10-18-13-7-5-6-12(11-13)14(17)15-8-9-16(2)3/h4-7,11H,1,8-10H2,2-3H3,(H,15,17). The maximum atomic E-state index is 11.8. The van der Waals surface area contributed by atoms with Crippen LogP contribution in [0.5, 0.6) is 5.75 Å². The smallest absolute Gasteiger partial charge is 0.251 e. The molecule has 0 aromatic heterocycles. The summed E-state index contributed by atoms with van der Waals surface area (Å²) in [5, 5.41) is 2.86. The first-order valence-electron chi connectivity index (χ1n) is 5.90. The second kappa shape index (κ2) is 7.50. The van der Waals surface area contributed by atoms with Crippen LogP contribution >= 0.6 is 0 Å². The van der Waals surface area contributed by atoms with E-state index in [1.807, 2.05) is 25.1 Å². The van der Waals surface area contributed by atoms with Crippen LogP contribution in [0.3, 0.4) is 0 Å². The molecule has 0 heterocycles. The highest BCUT2D eigenvalue weighted by atomic mass is 16.5. The summed E-state index contributed by atoms with van der Waals surface area (Å²) in [6.45, 7) is 5.46. The molecule has 0 bridgehead atoms. The summed E-state index contributed by atoms with van der Waals surface area (Å²) in [4.78, 5) is 13.9. The van der Waals surface area contributed by atoms with Crippen molar-refractivity contribution in [3.8, 4) is 5.75 Å². The molecule has 1 aromatic carbocycles. The van der Waals surface area contributed by atoms with Crippen molar-refractivity contribution in [3.63, 3.8) is 0 Å². The molecule has 0 aliphatic carbocycles. The maximum Gasteiger partial charge on any atom is 0.251 e. The fraction of sp³-hybridized carbons (Fsp3) is 0.357. The molecule has 1 aromatic rings. The number of nitrogens with zero attached hydrogens (tertiary/aromatic N) is 1. The van der Waals surface area contributed by atoms with Crippen molar-refractivity contribution in [1.82, 2.24) is 10.2 Å². The number of hydrogen-bond acceptors (Lipinski definition) is 3. The summed E-state index contributed by atoms with van der Waals surface area (Å²) in [6, 6.07) is 7.12. The minimum Gasteiger partial charge on any atom is -0.490 e. The van der Waals surface area contributed by atoms with Crippen molar-refractivity contribution in [2.45, 2.75) is 0 Å². The van der Waals surface area contributed by atoms with Gasteiger partial charge in [-0.3, -0.25) is 4.79 Å². The molecule has 1 rings (SSSR count). The highest BCUT2D eigenvalue weighted by molar-refractivity contribution is 5.94. The van der Waals surface area contributed by atoms with Gasteiger partial charge in [-0.15, -0.1) is 0 Å². The molecule has 18 heavy (non-hydrogen) atoms. The Morgan fingerprint density at radius 2 is 2.28 bits per heavy atom. The van der Waals surface area contributed by atoms with E-state index in [1.165, 1.54) is 0 Å². The third-order valence-corrected chi connectivity index (χ3v) is 2.31. The summed E-state index contributed by atoms with van der Waals surface area (Å²) in [6.07, 6.45) is 1.67. The summed E-state index contributed by atoms with van der Waals surface area (Å²) in [5.74, 6) is 0.594. The van der Waals surface area contributed by atoms with E-state index < -0.39 is 0 Å². The van der Waals surface area contributed by atoms with Crippen LogP contribution < -0.4 is 10.1 Å². The van der Waals surface area contributed by atoms with Crippen LogP contribution in [0.1, 0.15) is 10.4 Å². The Morgan fingerprint density at radius 1 is 1.50 bits per heavy atom. The van der Waals surface area contributed by atoms with Gasteiger partial charge >= 0.3 is 0 Å². The van der Waals surface area contributed by atoms with Crippen molar-refractivity contribution < 1.29 is 9.53 Å². The molecule has 98 valence electrons. The lowest BCUT2D eigenvalue weighted by atomic mass is 10.2. The van der Waals surface area contributed by atoms with Crippen LogP contribution in [0.2, 0.25) is 0 Å². The number of likely N-dealkylation sites (N-methyl/N-ethyl adjacent to an activating group) is 1. The summed E-state index contributed by atoms with van der Waals surface area (Å²) >= 11 is 0. The van der Waals surface area contributed by atoms with Gasteiger partial charge in [0.05, 0.1) is 0 Å². The van der Waals surface area contributed by atoms with Gasteiger partial charge in [-0.2, -0.15) is 0 Å². The Labute approximate surface area is 108 Å². The van der Waals surface area contributed by atoms with Crippen molar-refractivity contribution in [3.05, 3.63) is 42.5 Å². The number of carbonyl (C=O) groups excluding carboxylic acids is 1. The maximum absolute atomic E-state index is 11.8. The Bertz CT molecular complexity index is 403. The third-order valence-electron chi connectivity index (χ3n) is 2.31. The second-order valence-electron chi connectivity index (χ2n) is 4.19. The molecule has 0 aliphatic heterocycles. The lowest BCUT2D eigenvalue weighted by Gasteiger charge is -2.11. The van der Waals surface area contributed by atoms with E-state index in [9.17, 15) is 4.79 Å². The molecule has 0 saturated carbocycles.